The summed E-state index contributed by atoms with van der Waals surface area (Å²) in [6, 6.07) is 12.9. The van der Waals surface area contributed by atoms with Crippen LogP contribution in [0.5, 0.6) is 11.5 Å². The highest BCUT2D eigenvalue weighted by Crippen LogP contribution is 2.27. The predicted octanol–water partition coefficient (Wildman–Crippen LogP) is 3.68. The van der Waals surface area contributed by atoms with E-state index in [1.165, 1.54) is 0 Å². The average Bonchev–Trinajstić information content (AvgIpc) is 2.50. The molecule has 112 valence electrons. The van der Waals surface area contributed by atoms with Crippen molar-refractivity contribution in [3.63, 3.8) is 0 Å². The number of para-hydroxylation sites is 1. The molecule has 0 unspecified atom stereocenters. The summed E-state index contributed by atoms with van der Waals surface area (Å²) in [4.78, 5) is 0. The number of phenolic OH excluding ortho intramolecular Hbond substituents is 1. The number of benzene rings is 2. The van der Waals surface area contributed by atoms with Crippen molar-refractivity contribution in [1.29, 1.82) is 0 Å². The maximum absolute atomic E-state index is 9.86. The first-order valence-electron chi connectivity index (χ1n) is 6.62. The molecule has 5 heteroatoms. The van der Waals surface area contributed by atoms with Crippen LogP contribution in [-0.4, -0.2) is 25.4 Å². The lowest BCUT2D eigenvalue weighted by atomic mass is 10.2. The summed E-state index contributed by atoms with van der Waals surface area (Å²) < 4.78 is 10.5. The third kappa shape index (κ3) is 4.55. The smallest absolute Gasteiger partial charge is 0.139 e. The van der Waals surface area contributed by atoms with E-state index in [0.29, 0.717) is 24.8 Å². The van der Waals surface area contributed by atoms with Crippen molar-refractivity contribution in [1.82, 2.24) is 0 Å². The third-order valence-corrected chi connectivity index (χ3v) is 3.25. The second-order valence-corrected chi connectivity index (χ2v) is 4.88. The van der Waals surface area contributed by atoms with Crippen molar-refractivity contribution < 1.29 is 14.6 Å². The summed E-state index contributed by atoms with van der Waals surface area (Å²) in [5.41, 5.74) is 1.65. The Bertz CT molecular complexity index is 589. The Labute approximate surface area is 129 Å². The van der Waals surface area contributed by atoms with Crippen LogP contribution in [-0.2, 0) is 11.3 Å². The highest BCUT2D eigenvalue weighted by molar-refractivity contribution is 6.32. The molecule has 0 bridgehead atoms. The summed E-state index contributed by atoms with van der Waals surface area (Å²) >= 11 is 5.88. The van der Waals surface area contributed by atoms with E-state index in [4.69, 9.17) is 21.1 Å². The summed E-state index contributed by atoms with van der Waals surface area (Å²) in [6.07, 6.45) is 0. The van der Waals surface area contributed by atoms with Crippen molar-refractivity contribution in [3.05, 3.63) is 53.1 Å². The number of rotatable bonds is 7. The largest absolute Gasteiger partial charge is 0.506 e. The molecule has 2 N–H and O–H groups in total. The van der Waals surface area contributed by atoms with Gasteiger partial charge in [-0.15, -0.1) is 0 Å². The van der Waals surface area contributed by atoms with Gasteiger partial charge >= 0.3 is 0 Å². The van der Waals surface area contributed by atoms with Gasteiger partial charge in [0.2, 0.25) is 0 Å². The lowest BCUT2D eigenvalue weighted by Gasteiger charge is -2.11. The van der Waals surface area contributed by atoms with Gasteiger partial charge in [0.15, 0.2) is 0 Å². The molecular weight excluding hydrogens is 290 g/mol. The number of anilines is 1. The molecule has 0 aliphatic carbocycles. The van der Waals surface area contributed by atoms with Crippen LogP contribution in [0.3, 0.4) is 0 Å². The quantitative estimate of drug-likeness (QED) is 0.766. The van der Waals surface area contributed by atoms with Crippen LogP contribution in [0.1, 0.15) is 5.56 Å². The number of phenols is 1. The van der Waals surface area contributed by atoms with Crippen LogP contribution >= 0.6 is 11.6 Å². The number of aromatic hydroxyl groups is 1. The molecule has 0 aliphatic rings. The van der Waals surface area contributed by atoms with Gasteiger partial charge in [0.25, 0.3) is 0 Å². The van der Waals surface area contributed by atoms with Crippen molar-refractivity contribution in [2.45, 2.75) is 6.54 Å². The zero-order valence-corrected chi connectivity index (χ0v) is 12.6. The van der Waals surface area contributed by atoms with Crippen LogP contribution in [0.2, 0.25) is 5.02 Å². The number of hydrogen-bond acceptors (Lipinski definition) is 4. The van der Waals surface area contributed by atoms with Crippen LogP contribution < -0.4 is 10.1 Å². The lowest BCUT2D eigenvalue weighted by molar-refractivity contribution is 0.146. The van der Waals surface area contributed by atoms with Gasteiger partial charge in [0.1, 0.15) is 18.1 Å². The maximum atomic E-state index is 9.86. The van der Waals surface area contributed by atoms with Gasteiger partial charge in [-0.05, 0) is 18.2 Å². The van der Waals surface area contributed by atoms with Crippen LogP contribution in [0.4, 0.5) is 5.69 Å². The molecule has 0 heterocycles. The van der Waals surface area contributed by atoms with Crippen LogP contribution in [0, 0.1) is 0 Å². The van der Waals surface area contributed by atoms with E-state index >= 15 is 0 Å². The molecule has 0 radical (unpaired) electrons. The Morgan fingerprint density at radius 3 is 2.76 bits per heavy atom. The zero-order valence-electron chi connectivity index (χ0n) is 11.8. The van der Waals surface area contributed by atoms with E-state index in [9.17, 15) is 5.11 Å². The van der Waals surface area contributed by atoms with Gasteiger partial charge in [-0.2, -0.15) is 0 Å². The fourth-order valence-electron chi connectivity index (χ4n) is 1.84. The second kappa shape index (κ2) is 7.76. The van der Waals surface area contributed by atoms with Gasteiger partial charge in [-0.3, -0.25) is 0 Å². The number of halogens is 1. The average molecular weight is 308 g/mol. The second-order valence-electron chi connectivity index (χ2n) is 4.47. The van der Waals surface area contributed by atoms with E-state index < -0.39 is 0 Å². The third-order valence-electron chi connectivity index (χ3n) is 2.94. The first-order chi connectivity index (χ1) is 10.2. The number of ether oxygens (including phenoxy) is 2. The molecule has 21 heavy (non-hydrogen) atoms. The van der Waals surface area contributed by atoms with Gasteiger partial charge in [-0.25, -0.2) is 0 Å². The molecule has 2 aromatic rings. The van der Waals surface area contributed by atoms with Crippen molar-refractivity contribution in [2.75, 3.05) is 25.6 Å². The van der Waals surface area contributed by atoms with Gasteiger partial charge < -0.3 is 19.9 Å². The van der Waals surface area contributed by atoms with E-state index in [0.717, 1.165) is 17.0 Å². The monoisotopic (exact) mass is 307 g/mol. The Morgan fingerprint density at radius 2 is 1.95 bits per heavy atom. The van der Waals surface area contributed by atoms with E-state index in [1.807, 2.05) is 36.4 Å². The first-order valence-corrected chi connectivity index (χ1v) is 7.00. The molecular formula is C16H18ClNO3. The standard InChI is InChI=1S/C16H18ClNO3/c1-20-8-9-21-14-6-3-5-13(10-14)18-11-12-4-2-7-15(17)16(12)19/h2-7,10,18-19H,8-9,11H2,1H3. The molecule has 0 saturated heterocycles. The van der Waals surface area contributed by atoms with E-state index in [-0.39, 0.29) is 5.75 Å². The summed E-state index contributed by atoms with van der Waals surface area (Å²) in [7, 11) is 1.64. The number of methoxy groups -OCH3 is 1. The topological polar surface area (TPSA) is 50.7 Å². The minimum atomic E-state index is 0.110. The molecule has 0 spiro atoms. The highest BCUT2D eigenvalue weighted by atomic mass is 35.5. The van der Waals surface area contributed by atoms with Crippen LogP contribution in [0.15, 0.2) is 42.5 Å². The first kappa shape index (κ1) is 15.5. The molecule has 0 atom stereocenters. The normalized spacial score (nSPS) is 10.4. The molecule has 0 aromatic heterocycles. The van der Waals surface area contributed by atoms with E-state index in [1.54, 1.807) is 13.2 Å². The minimum absolute atomic E-state index is 0.110. The van der Waals surface area contributed by atoms with Crippen molar-refractivity contribution in [3.8, 4) is 11.5 Å². The number of hydrogen-bond donors (Lipinski definition) is 2. The SMILES string of the molecule is COCCOc1cccc(NCc2cccc(Cl)c2O)c1. The predicted molar refractivity (Wildman–Crippen MR) is 84.3 cm³/mol. The van der Waals surface area contributed by atoms with Gasteiger partial charge in [-0.1, -0.05) is 29.8 Å². The Morgan fingerprint density at radius 1 is 1.14 bits per heavy atom. The Hall–Kier alpha value is -1.91. The summed E-state index contributed by atoms with van der Waals surface area (Å²) in [6.45, 7) is 1.54. The summed E-state index contributed by atoms with van der Waals surface area (Å²) in [5.74, 6) is 0.881. The van der Waals surface area contributed by atoms with Crippen molar-refractivity contribution in [2.24, 2.45) is 0 Å². The molecule has 2 aromatic carbocycles. The van der Waals surface area contributed by atoms with Gasteiger partial charge in [0, 0.05) is 31.0 Å². The fraction of sp³-hybridized carbons (Fsp3) is 0.250. The Kier molecular flexibility index (Phi) is 5.72. The lowest BCUT2D eigenvalue weighted by Crippen LogP contribution is -2.05. The molecule has 0 saturated carbocycles. The van der Waals surface area contributed by atoms with Gasteiger partial charge in [0.05, 0.1) is 11.6 Å². The molecule has 2 rings (SSSR count). The van der Waals surface area contributed by atoms with E-state index in [2.05, 4.69) is 5.32 Å². The minimum Gasteiger partial charge on any atom is -0.506 e. The summed E-state index contributed by atoms with van der Waals surface area (Å²) in [5, 5.41) is 13.4. The molecule has 4 nitrogen and oxygen atoms in total. The maximum Gasteiger partial charge on any atom is 0.139 e. The number of nitrogens with one attached hydrogen (secondary N) is 1. The fourth-order valence-corrected chi connectivity index (χ4v) is 2.03. The Balaban J connectivity index is 1.96. The molecule has 0 fully saturated rings. The van der Waals surface area contributed by atoms with Crippen molar-refractivity contribution >= 4 is 17.3 Å². The zero-order chi connectivity index (χ0) is 15.1. The van der Waals surface area contributed by atoms with Crippen LogP contribution in [0.25, 0.3) is 0 Å². The molecule has 0 amide bonds. The molecule has 0 aliphatic heterocycles. The highest BCUT2D eigenvalue weighted by Gasteiger charge is 2.05.